The number of aryl methyl sites for hydroxylation is 3. The zero-order valence-corrected chi connectivity index (χ0v) is 43.8. The Hall–Kier alpha value is -10.1. The second-order valence-corrected chi connectivity index (χ2v) is 20.1. The molecule has 0 amide bonds. The van der Waals surface area contributed by atoms with E-state index in [-0.39, 0.29) is 0 Å². The number of anilines is 6. The van der Waals surface area contributed by atoms with Gasteiger partial charge in [0, 0.05) is 67.3 Å². The van der Waals surface area contributed by atoms with Gasteiger partial charge in [0.1, 0.15) is 0 Å². The molecule has 13 aromatic rings. The van der Waals surface area contributed by atoms with Crippen molar-refractivity contribution in [1.29, 1.82) is 0 Å². The lowest BCUT2D eigenvalue weighted by molar-refractivity contribution is 1.18. The van der Waals surface area contributed by atoms with E-state index < -0.39 is 0 Å². The van der Waals surface area contributed by atoms with Crippen molar-refractivity contribution in [3.8, 4) is 61.8 Å². The summed E-state index contributed by atoms with van der Waals surface area (Å²) in [5.74, 6) is 0.720. The SMILES string of the molecule is Cc1ccc(-c2cc(-c3ccc(-c4ccc(-c5ccc(-n6c7ccc(N(c8ccccc8)c8ccccc8)cc7c7cc(N(c8ccccc8)c8ccccc8)ccc76)cc5)cc4)cc3C)nc(-c3ccc(C)cc3)n2)cc1. The number of aromatic nitrogens is 3. The van der Waals surface area contributed by atoms with E-state index in [9.17, 15) is 0 Å². The highest BCUT2D eigenvalue weighted by atomic mass is 15.1. The largest absolute Gasteiger partial charge is 0.310 e. The van der Waals surface area contributed by atoms with E-state index in [1.54, 1.807) is 0 Å². The maximum atomic E-state index is 5.15. The number of benzene rings is 11. The fourth-order valence-corrected chi connectivity index (χ4v) is 10.8. The molecule has 5 heteroatoms. The molecule has 0 bridgehead atoms. The molecule has 11 aromatic carbocycles. The topological polar surface area (TPSA) is 37.2 Å². The van der Waals surface area contributed by atoms with Crippen LogP contribution in [0.1, 0.15) is 16.7 Å². The molecule has 0 saturated carbocycles. The van der Waals surface area contributed by atoms with Crippen LogP contribution in [0.15, 0.2) is 279 Å². The monoisotopic (exact) mass is 1000 g/mol. The van der Waals surface area contributed by atoms with Crippen molar-refractivity contribution in [3.05, 3.63) is 296 Å². The predicted octanol–water partition coefficient (Wildman–Crippen LogP) is 19.8. The Bertz CT molecular complexity index is 3950. The molecule has 0 aliphatic rings. The Morgan fingerprint density at radius 3 is 1.13 bits per heavy atom. The summed E-state index contributed by atoms with van der Waals surface area (Å²) in [5.41, 5.74) is 23.1. The molecule has 372 valence electrons. The molecule has 0 aliphatic heterocycles. The molecule has 0 unspecified atom stereocenters. The molecule has 0 spiro atoms. The second-order valence-electron chi connectivity index (χ2n) is 20.1. The third kappa shape index (κ3) is 9.29. The van der Waals surface area contributed by atoms with Gasteiger partial charge in [0.05, 0.1) is 22.4 Å². The van der Waals surface area contributed by atoms with Gasteiger partial charge in [-0.2, -0.15) is 0 Å². The van der Waals surface area contributed by atoms with E-state index in [1.807, 2.05) is 0 Å². The average Bonchev–Trinajstić information content (AvgIpc) is 4.04. The van der Waals surface area contributed by atoms with Gasteiger partial charge in [-0.1, -0.05) is 187 Å². The van der Waals surface area contributed by atoms with Crippen molar-refractivity contribution in [2.45, 2.75) is 20.8 Å². The fraction of sp³-hybridized carbons (Fsp3) is 0.0411. The fourth-order valence-electron chi connectivity index (χ4n) is 10.8. The summed E-state index contributed by atoms with van der Waals surface area (Å²) in [6, 6.07) is 100. The van der Waals surface area contributed by atoms with Gasteiger partial charge in [-0.05, 0) is 152 Å². The van der Waals surface area contributed by atoms with E-state index in [0.717, 1.165) is 113 Å². The van der Waals surface area contributed by atoms with Gasteiger partial charge in [0.25, 0.3) is 0 Å². The van der Waals surface area contributed by atoms with Crippen molar-refractivity contribution in [3.63, 3.8) is 0 Å². The summed E-state index contributed by atoms with van der Waals surface area (Å²) in [7, 11) is 0. The summed E-state index contributed by atoms with van der Waals surface area (Å²) in [6.45, 7) is 6.39. The smallest absolute Gasteiger partial charge is 0.160 e. The predicted molar refractivity (Wildman–Crippen MR) is 327 cm³/mol. The molecule has 0 fully saturated rings. The minimum atomic E-state index is 0.720. The second kappa shape index (κ2) is 20.6. The summed E-state index contributed by atoms with van der Waals surface area (Å²) in [4.78, 5) is 14.9. The van der Waals surface area contributed by atoms with Crippen molar-refractivity contribution in [2.75, 3.05) is 9.80 Å². The first-order valence-corrected chi connectivity index (χ1v) is 26.6. The van der Waals surface area contributed by atoms with E-state index in [0.29, 0.717) is 0 Å². The maximum absolute atomic E-state index is 5.15. The third-order valence-corrected chi connectivity index (χ3v) is 14.9. The number of rotatable bonds is 12. The van der Waals surface area contributed by atoms with Gasteiger partial charge in [-0.15, -0.1) is 0 Å². The first kappa shape index (κ1) is 47.6. The van der Waals surface area contributed by atoms with Crippen LogP contribution < -0.4 is 9.80 Å². The van der Waals surface area contributed by atoms with Crippen LogP contribution in [0.2, 0.25) is 0 Å². The van der Waals surface area contributed by atoms with Crippen LogP contribution in [0.25, 0.3) is 83.6 Å². The quantitative estimate of drug-likeness (QED) is 0.122. The molecule has 0 aliphatic carbocycles. The molecular formula is C73H55N5. The molecule has 0 radical (unpaired) electrons. The first-order chi connectivity index (χ1) is 38.4. The van der Waals surface area contributed by atoms with Gasteiger partial charge in [0.15, 0.2) is 5.82 Å². The van der Waals surface area contributed by atoms with Crippen LogP contribution in [0, 0.1) is 20.8 Å². The zero-order valence-electron chi connectivity index (χ0n) is 43.8. The van der Waals surface area contributed by atoms with Crippen LogP contribution in [0.5, 0.6) is 0 Å². The van der Waals surface area contributed by atoms with Crippen LogP contribution in [-0.2, 0) is 0 Å². The van der Waals surface area contributed by atoms with Crippen LogP contribution in [0.3, 0.4) is 0 Å². The van der Waals surface area contributed by atoms with Crippen LogP contribution in [0.4, 0.5) is 34.1 Å². The number of nitrogens with zero attached hydrogens (tertiary/aromatic N) is 5. The van der Waals surface area contributed by atoms with E-state index in [2.05, 4.69) is 314 Å². The number of para-hydroxylation sites is 4. The van der Waals surface area contributed by atoms with Crippen LogP contribution >= 0.6 is 0 Å². The Kier molecular flexibility index (Phi) is 12.5. The molecule has 78 heavy (non-hydrogen) atoms. The molecule has 0 saturated heterocycles. The molecule has 13 rings (SSSR count). The average molecular weight is 1000 g/mol. The van der Waals surface area contributed by atoms with Gasteiger partial charge in [-0.3, -0.25) is 0 Å². The lowest BCUT2D eigenvalue weighted by atomic mass is 9.96. The summed E-state index contributed by atoms with van der Waals surface area (Å²) in [6.07, 6.45) is 0. The Morgan fingerprint density at radius 2 is 0.679 bits per heavy atom. The normalized spacial score (nSPS) is 11.3. The standard InChI is InChI=1S/C73H55N5/c1-50-24-28-56(29-25-50)69-49-70(75-73(74-69)57-30-26-51(2)27-31-57)66-43-38-58(46-52(66)3)55-34-32-53(33-35-55)54-36-39-63(40-37-54)78-71-44-41-64(76(59-16-8-4-9-17-59)60-18-10-5-11-19-60)47-67(71)68-48-65(42-45-72(68)78)77(61-20-12-6-13-21-61)62-22-14-7-15-23-62/h4-49H,1-3H3. The molecule has 2 heterocycles. The minimum Gasteiger partial charge on any atom is -0.310 e. The number of fused-ring (bicyclic) bond motifs is 3. The van der Waals surface area contributed by atoms with Crippen LogP contribution in [-0.4, -0.2) is 14.5 Å². The number of hydrogen-bond donors (Lipinski definition) is 0. The molecule has 0 atom stereocenters. The van der Waals surface area contributed by atoms with Gasteiger partial charge in [0.2, 0.25) is 0 Å². The lowest BCUT2D eigenvalue weighted by Crippen LogP contribution is -2.09. The Labute approximate surface area is 456 Å². The zero-order chi connectivity index (χ0) is 52.5. The van der Waals surface area contributed by atoms with Gasteiger partial charge < -0.3 is 14.4 Å². The third-order valence-electron chi connectivity index (χ3n) is 14.9. The first-order valence-electron chi connectivity index (χ1n) is 26.6. The molecule has 2 aromatic heterocycles. The highest BCUT2D eigenvalue weighted by Gasteiger charge is 2.21. The molecule has 5 nitrogen and oxygen atoms in total. The summed E-state index contributed by atoms with van der Waals surface area (Å²) >= 11 is 0. The van der Waals surface area contributed by atoms with Gasteiger partial charge in [-0.25, -0.2) is 9.97 Å². The van der Waals surface area contributed by atoms with E-state index in [4.69, 9.17) is 9.97 Å². The van der Waals surface area contributed by atoms with Crippen molar-refractivity contribution >= 4 is 55.9 Å². The minimum absolute atomic E-state index is 0.720. The van der Waals surface area contributed by atoms with E-state index in [1.165, 1.54) is 21.9 Å². The maximum Gasteiger partial charge on any atom is 0.160 e. The van der Waals surface area contributed by atoms with E-state index >= 15 is 0 Å². The molecular weight excluding hydrogens is 947 g/mol. The van der Waals surface area contributed by atoms with Gasteiger partial charge >= 0.3 is 0 Å². The Morgan fingerprint density at radius 1 is 0.295 bits per heavy atom. The number of hydrogen-bond acceptors (Lipinski definition) is 4. The van der Waals surface area contributed by atoms with Crippen molar-refractivity contribution < 1.29 is 0 Å². The van der Waals surface area contributed by atoms with Crippen molar-refractivity contribution in [2.24, 2.45) is 0 Å². The Balaban J connectivity index is 0.847. The van der Waals surface area contributed by atoms with Crippen molar-refractivity contribution in [1.82, 2.24) is 14.5 Å². The summed E-state index contributed by atoms with van der Waals surface area (Å²) in [5, 5.41) is 2.34. The molecule has 0 N–H and O–H groups in total. The summed E-state index contributed by atoms with van der Waals surface area (Å²) < 4.78 is 2.41. The lowest BCUT2D eigenvalue weighted by Gasteiger charge is -2.26. The highest BCUT2D eigenvalue weighted by Crippen LogP contribution is 2.43. The highest BCUT2D eigenvalue weighted by molar-refractivity contribution is 6.12.